The SMILES string of the molecule is CCCCCCCC/C=C\CCCCCCCC(=O)OC(=O)CC.[NaH]. The van der Waals surface area contributed by atoms with Crippen LogP contribution in [-0.2, 0) is 14.3 Å². The Bertz CT molecular complexity index is 340. The van der Waals surface area contributed by atoms with Crippen molar-refractivity contribution in [1.82, 2.24) is 0 Å². The van der Waals surface area contributed by atoms with Gasteiger partial charge in [-0.05, 0) is 32.1 Å². The van der Waals surface area contributed by atoms with Gasteiger partial charge in [-0.1, -0.05) is 77.4 Å². The van der Waals surface area contributed by atoms with Crippen molar-refractivity contribution in [3.8, 4) is 0 Å². The summed E-state index contributed by atoms with van der Waals surface area (Å²) in [6.07, 6.45) is 21.3. The summed E-state index contributed by atoms with van der Waals surface area (Å²) >= 11 is 0. The zero-order valence-corrected chi connectivity index (χ0v) is 16.0. The van der Waals surface area contributed by atoms with Gasteiger partial charge in [0, 0.05) is 12.8 Å². The van der Waals surface area contributed by atoms with Crippen molar-refractivity contribution < 1.29 is 14.3 Å². The van der Waals surface area contributed by atoms with Crippen LogP contribution in [0.3, 0.4) is 0 Å². The van der Waals surface area contributed by atoms with Crippen LogP contribution in [0.5, 0.6) is 0 Å². The third kappa shape index (κ3) is 21.8. The molecule has 0 spiro atoms. The van der Waals surface area contributed by atoms with Crippen LogP contribution < -0.4 is 0 Å². The van der Waals surface area contributed by atoms with E-state index in [0.717, 1.165) is 19.3 Å². The van der Waals surface area contributed by atoms with Crippen LogP contribution in [0, 0.1) is 0 Å². The second-order valence-electron chi connectivity index (χ2n) is 6.53. The fraction of sp³-hybridized carbons (Fsp3) is 0.810. The van der Waals surface area contributed by atoms with Crippen molar-refractivity contribution in [2.45, 2.75) is 110 Å². The van der Waals surface area contributed by atoms with Gasteiger partial charge in [0.1, 0.15) is 0 Å². The van der Waals surface area contributed by atoms with E-state index in [9.17, 15) is 9.59 Å². The Kier molecular flexibility index (Phi) is 23.8. The van der Waals surface area contributed by atoms with Crippen molar-refractivity contribution >= 4 is 41.5 Å². The molecule has 0 radical (unpaired) electrons. The first-order valence-corrected chi connectivity index (χ1v) is 10.1. The summed E-state index contributed by atoms with van der Waals surface area (Å²) in [5.74, 6) is -0.799. The number of esters is 2. The molecule has 0 unspecified atom stereocenters. The first-order valence-electron chi connectivity index (χ1n) is 10.1. The standard InChI is InChI=1S/C21H38O3.Na.H/c1-3-5-6-7-8-9-10-11-12-13-14-15-16-17-18-19-21(23)24-20(22)4-2;;/h11-12H,3-10,13-19H2,1-2H3;;/b12-11-;;. The number of rotatable bonds is 16. The maximum atomic E-state index is 11.3. The molecule has 0 atom stereocenters. The van der Waals surface area contributed by atoms with Crippen LogP contribution in [0.2, 0.25) is 0 Å². The number of carbonyl (C=O) groups excluding carboxylic acids is 2. The van der Waals surface area contributed by atoms with E-state index in [-0.39, 0.29) is 41.9 Å². The topological polar surface area (TPSA) is 43.4 Å². The Morgan fingerprint density at radius 2 is 1.16 bits per heavy atom. The van der Waals surface area contributed by atoms with Crippen molar-refractivity contribution in [2.75, 3.05) is 0 Å². The summed E-state index contributed by atoms with van der Waals surface area (Å²) in [6, 6.07) is 0. The Hall–Kier alpha value is -0.120. The fourth-order valence-corrected chi connectivity index (χ4v) is 2.59. The minimum atomic E-state index is -0.423. The molecule has 0 aromatic heterocycles. The molecule has 0 amide bonds. The molecule has 4 heteroatoms. The molecular weight excluding hydrogens is 323 g/mol. The molecule has 0 rings (SSSR count). The summed E-state index contributed by atoms with van der Waals surface area (Å²) < 4.78 is 4.63. The summed E-state index contributed by atoms with van der Waals surface area (Å²) in [5.41, 5.74) is 0. The first kappa shape index (κ1) is 27.1. The van der Waals surface area contributed by atoms with Crippen molar-refractivity contribution in [3.05, 3.63) is 12.2 Å². The van der Waals surface area contributed by atoms with E-state index in [1.165, 1.54) is 64.2 Å². The van der Waals surface area contributed by atoms with E-state index < -0.39 is 5.97 Å². The summed E-state index contributed by atoms with van der Waals surface area (Å²) in [6.45, 7) is 3.95. The molecule has 0 aromatic carbocycles. The molecule has 3 nitrogen and oxygen atoms in total. The van der Waals surface area contributed by atoms with E-state index in [1.807, 2.05) is 0 Å². The molecule has 0 bridgehead atoms. The first-order chi connectivity index (χ1) is 11.7. The zero-order chi connectivity index (χ0) is 17.9. The summed E-state index contributed by atoms with van der Waals surface area (Å²) in [4.78, 5) is 22.2. The van der Waals surface area contributed by atoms with Crippen LogP contribution in [0.15, 0.2) is 12.2 Å². The molecule has 0 fully saturated rings. The molecule has 142 valence electrons. The van der Waals surface area contributed by atoms with Crippen LogP contribution in [0.4, 0.5) is 0 Å². The maximum absolute atomic E-state index is 11.3. The van der Waals surface area contributed by atoms with Gasteiger partial charge in [0.2, 0.25) is 0 Å². The van der Waals surface area contributed by atoms with Crippen molar-refractivity contribution in [2.24, 2.45) is 0 Å². The monoisotopic (exact) mass is 362 g/mol. The fourth-order valence-electron chi connectivity index (χ4n) is 2.59. The van der Waals surface area contributed by atoms with E-state index in [4.69, 9.17) is 0 Å². The molecule has 0 saturated heterocycles. The Labute approximate surface area is 177 Å². The third-order valence-corrected chi connectivity index (χ3v) is 4.16. The van der Waals surface area contributed by atoms with Crippen LogP contribution in [-0.4, -0.2) is 41.5 Å². The molecule has 25 heavy (non-hydrogen) atoms. The number of carbonyl (C=O) groups is 2. The van der Waals surface area contributed by atoms with Crippen LogP contribution >= 0.6 is 0 Å². The molecular formula is C21H39NaO3. The van der Waals surface area contributed by atoms with E-state index in [0.29, 0.717) is 6.42 Å². The Morgan fingerprint density at radius 1 is 0.680 bits per heavy atom. The van der Waals surface area contributed by atoms with Crippen LogP contribution in [0.25, 0.3) is 0 Å². The van der Waals surface area contributed by atoms with E-state index >= 15 is 0 Å². The average molecular weight is 363 g/mol. The van der Waals surface area contributed by atoms with Gasteiger partial charge >= 0.3 is 41.5 Å². The minimum absolute atomic E-state index is 0. The number of allylic oxidation sites excluding steroid dienone is 2. The molecule has 0 N–H and O–H groups in total. The number of unbranched alkanes of at least 4 members (excludes halogenated alkanes) is 11. The third-order valence-electron chi connectivity index (χ3n) is 4.16. The number of ether oxygens (including phenoxy) is 1. The molecule has 0 aliphatic heterocycles. The quantitative estimate of drug-likeness (QED) is 0.114. The van der Waals surface area contributed by atoms with Crippen molar-refractivity contribution in [3.63, 3.8) is 0 Å². The van der Waals surface area contributed by atoms with Crippen LogP contribution in [0.1, 0.15) is 110 Å². The summed E-state index contributed by atoms with van der Waals surface area (Å²) in [5, 5.41) is 0. The molecule has 0 heterocycles. The van der Waals surface area contributed by atoms with E-state index in [1.54, 1.807) is 6.92 Å². The molecule has 0 aromatic rings. The normalized spacial score (nSPS) is 10.6. The number of hydrogen-bond donors (Lipinski definition) is 0. The van der Waals surface area contributed by atoms with Gasteiger partial charge in [-0.25, -0.2) is 0 Å². The van der Waals surface area contributed by atoms with Gasteiger partial charge in [0.05, 0.1) is 0 Å². The zero-order valence-electron chi connectivity index (χ0n) is 16.0. The molecule has 0 aliphatic rings. The second kappa shape index (κ2) is 21.9. The molecule has 0 aliphatic carbocycles. The van der Waals surface area contributed by atoms with Gasteiger partial charge in [0.15, 0.2) is 0 Å². The predicted molar refractivity (Wildman–Crippen MR) is 108 cm³/mol. The van der Waals surface area contributed by atoms with Gasteiger partial charge in [0.25, 0.3) is 0 Å². The van der Waals surface area contributed by atoms with E-state index in [2.05, 4.69) is 23.8 Å². The van der Waals surface area contributed by atoms with Crippen molar-refractivity contribution in [1.29, 1.82) is 0 Å². The number of hydrogen-bond acceptors (Lipinski definition) is 3. The molecule has 0 saturated carbocycles. The van der Waals surface area contributed by atoms with Gasteiger partial charge < -0.3 is 4.74 Å². The predicted octanol–water partition coefficient (Wildman–Crippen LogP) is 5.86. The second-order valence-corrected chi connectivity index (χ2v) is 6.53. The summed E-state index contributed by atoms with van der Waals surface area (Å²) in [7, 11) is 0. The Morgan fingerprint density at radius 3 is 1.68 bits per heavy atom. The van der Waals surface area contributed by atoms with Gasteiger partial charge in [-0.3, -0.25) is 9.59 Å². The average Bonchev–Trinajstić information content (AvgIpc) is 2.58. The Balaban J connectivity index is 0. The van der Waals surface area contributed by atoms with Gasteiger partial charge in [-0.15, -0.1) is 0 Å². The van der Waals surface area contributed by atoms with Gasteiger partial charge in [-0.2, -0.15) is 0 Å².